The molecular weight excluding hydrogens is 322 g/mol. The van der Waals surface area contributed by atoms with E-state index < -0.39 is 10.0 Å². The number of nitrogens with zero attached hydrogens (tertiary/aromatic N) is 2. The topological polar surface area (TPSA) is 62.3 Å². The van der Waals surface area contributed by atoms with Gasteiger partial charge in [0.2, 0.25) is 10.0 Å². The third-order valence-electron chi connectivity index (χ3n) is 4.04. The van der Waals surface area contributed by atoms with E-state index in [9.17, 15) is 8.42 Å². The van der Waals surface area contributed by atoms with E-state index in [1.165, 1.54) is 4.31 Å². The highest BCUT2D eigenvalue weighted by molar-refractivity contribution is 7.89. The molecule has 0 bridgehead atoms. The average Bonchev–Trinajstić information content (AvgIpc) is 2.61. The van der Waals surface area contributed by atoms with Crippen molar-refractivity contribution in [2.24, 2.45) is 0 Å². The normalized spacial score (nSPS) is 13.2. The summed E-state index contributed by atoms with van der Waals surface area (Å²) in [6.07, 6.45) is 1.77. The maximum Gasteiger partial charge on any atom is 0.243 e. The molecule has 2 aromatic rings. The number of benzene rings is 1. The summed E-state index contributed by atoms with van der Waals surface area (Å²) in [4.78, 5) is 4.62. The maximum atomic E-state index is 12.5. The fourth-order valence-electron chi connectivity index (χ4n) is 2.52. The minimum absolute atomic E-state index is 0.109. The van der Waals surface area contributed by atoms with Gasteiger partial charge in [0.15, 0.2) is 0 Å². The molecule has 24 heavy (non-hydrogen) atoms. The van der Waals surface area contributed by atoms with Crippen LogP contribution in [0.25, 0.3) is 0 Å². The highest BCUT2D eigenvalue weighted by Crippen LogP contribution is 2.19. The molecule has 6 heteroatoms. The lowest BCUT2D eigenvalue weighted by Gasteiger charge is -2.19. The van der Waals surface area contributed by atoms with E-state index in [0.717, 1.165) is 11.3 Å². The molecule has 130 valence electrons. The summed E-state index contributed by atoms with van der Waals surface area (Å²) >= 11 is 0. The molecule has 0 spiro atoms. The van der Waals surface area contributed by atoms with Crippen molar-refractivity contribution < 1.29 is 8.42 Å². The van der Waals surface area contributed by atoms with E-state index in [4.69, 9.17) is 0 Å². The van der Waals surface area contributed by atoms with Gasteiger partial charge in [-0.05, 0) is 36.8 Å². The van der Waals surface area contributed by atoms with Gasteiger partial charge in [-0.2, -0.15) is 4.31 Å². The van der Waals surface area contributed by atoms with E-state index in [2.05, 4.69) is 17.2 Å². The van der Waals surface area contributed by atoms with Crippen LogP contribution >= 0.6 is 0 Å². The largest absolute Gasteiger partial charge is 0.305 e. The number of hydrogen-bond acceptors (Lipinski definition) is 4. The van der Waals surface area contributed by atoms with Crippen molar-refractivity contribution in [1.29, 1.82) is 0 Å². The zero-order chi connectivity index (χ0) is 17.6. The number of pyridine rings is 1. The van der Waals surface area contributed by atoms with Gasteiger partial charge in [-0.1, -0.05) is 32.0 Å². The second-order valence-corrected chi connectivity index (χ2v) is 7.52. The summed E-state index contributed by atoms with van der Waals surface area (Å²) in [7, 11) is -3.40. The molecule has 1 aromatic heterocycles. The summed E-state index contributed by atoms with van der Waals surface area (Å²) in [5, 5.41) is 3.40. The van der Waals surface area contributed by atoms with Gasteiger partial charge in [-0.15, -0.1) is 0 Å². The number of rotatable bonds is 8. The van der Waals surface area contributed by atoms with Gasteiger partial charge in [-0.25, -0.2) is 8.42 Å². The minimum Gasteiger partial charge on any atom is -0.305 e. The van der Waals surface area contributed by atoms with Gasteiger partial charge in [0.05, 0.1) is 10.6 Å². The van der Waals surface area contributed by atoms with Crippen molar-refractivity contribution in [3.05, 3.63) is 59.9 Å². The molecule has 1 N–H and O–H groups in total. The Hall–Kier alpha value is -1.76. The van der Waals surface area contributed by atoms with Gasteiger partial charge in [-0.3, -0.25) is 4.98 Å². The molecule has 0 radical (unpaired) electrons. The first kappa shape index (κ1) is 18.6. The summed E-state index contributed by atoms with van der Waals surface area (Å²) in [5.74, 6) is 0. The Morgan fingerprint density at radius 3 is 2.29 bits per heavy atom. The Morgan fingerprint density at radius 1 is 1.08 bits per heavy atom. The zero-order valence-electron chi connectivity index (χ0n) is 14.4. The Labute approximate surface area is 144 Å². The van der Waals surface area contributed by atoms with E-state index in [0.29, 0.717) is 24.5 Å². The van der Waals surface area contributed by atoms with Gasteiger partial charge in [0.25, 0.3) is 0 Å². The van der Waals surface area contributed by atoms with Crippen molar-refractivity contribution in [1.82, 2.24) is 14.6 Å². The zero-order valence-corrected chi connectivity index (χ0v) is 15.3. The molecule has 0 unspecified atom stereocenters. The van der Waals surface area contributed by atoms with Gasteiger partial charge >= 0.3 is 0 Å². The fraction of sp³-hybridized carbons (Fsp3) is 0.389. The SMILES string of the molecule is CCN(CC)S(=O)(=O)c1ccc([C@H](C)NCc2ccccn2)cc1. The van der Waals surface area contributed by atoms with Crippen LogP contribution in [-0.2, 0) is 16.6 Å². The first-order chi connectivity index (χ1) is 11.5. The molecule has 1 atom stereocenters. The minimum atomic E-state index is -3.40. The molecule has 0 aliphatic carbocycles. The van der Waals surface area contributed by atoms with Crippen LogP contribution in [0.2, 0.25) is 0 Å². The van der Waals surface area contributed by atoms with Crippen molar-refractivity contribution in [3.8, 4) is 0 Å². The number of aromatic nitrogens is 1. The standard InChI is InChI=1S/C18H25N3O2S/c1-4-21(5-2)24(22,23)18-11-9-16(10-12-18)15(3)20-14-17-8-6-7-13-19-17/h6-13,15,20H,4-5,14H2,1-3H3/t15-/m0/s1. The highest BCUT2D eigenvalue weighted by atomic mass is 32.2. The monoisotopic (exact) mass is 347 g/mol. The van der Waals surface area contributed by atoms with Crippen LogP contribution in [-0.4, -0.2) is 30.8 Å². The molecule has 0 fully saturated rings. The van der Waals surface area contributed by atoms with Crippen molar-refractivity contribution in [3.63, 3.8) is 0 Å². The molecule has 1 aromatic carbocycles. The molecule has 0 aliphatic rings. The predicted molar refractivity (Wildman–Crippen MR) is 96.0 cm³/mol. The van der Waals surface area contributed by atoms with Gasteiger partial charge < -0.3 is 5.32 Å². The maximum absolute atomic E-state index is 12.5. The van der Waals surface area contributed by atoms with E-state index in [1.54, 1.807) is 18.3 Å². The Kier molecular flexibility index (Phi) is 6.48. The van der Waals surface area contributed by atoms with Crippen LogP contribution in [0.1, 0.15) is 38.1 Å². The smallest absolute Gasteiger partial charge is 0.243 e. The quantitative estimate of drug-likeness (QED) is 0.797. The van der Waals surface area contributed by atoms with Crippen LogP contribution in [0.4, 0.5) is 0 Å². The van der Waals surface area contributed by atoms with Crippen molar-refractivity contribution in [2.45, 2.75) is 38.3 Å². The Morgan fingerprint density at radius 2 is 1.75 bits per heavy atom. The molecule has 5 nitrogen and oxygen atoms in total. The van der Waals surface area contributed by atoms with Gasteiger partial charge in [0, 0.05) is 31.9 Å². The Balaban J connectivity index is 2.06. The molecule has 0 amide bonds. The summed E-state index contributed by atoms with van der Waals surface area (Å²) in [6, 6.07) is 13.0. The second kappa shape index (κ2) is 8.37. The van der Waals surface area contributed by atoms with Crippen LogP contribution in [0, 0.1) is 0 Å². The molecule has 1 heterocycles. The van der Waals surface area contributed by atoms with Crippen molar-refractivity contribution >= 4 is 10.0 Å². The first-order valence-electron chi connectivity index (χ1n) is 8.22. The van der Waals surface area contributed by atoms with E-state index in [1.807, 2.05) is 44.2 Å². The Bertz CT molecular complexity index is 727. The molecule has 0 aliphatic heterocycles. The van der Waals surface area contributed by atoms with Crippen LogP contribution in [0.3, 0.4) is 0 Å². The molecular formula is C18H25N3O2S. The van der Waals surface area contributed by atoms with E-state index >= 15 is 0 Å². The third-order valence-corrected chi connectivity index (χ3v) is 6.10. The third kappa shape index (κ3) is 4.41. The summed E-state index contributed by atoms with van der Waals surface area (Å²) in [6.45, 7) is 7.36. The predicted octanol–water partition coefficient (Wildman–Crippen LogP) is 2.96. The van der Waals surface area contributed by atoms with Crippen LogP contribution < -0.4 is 5.32 Å². The first-order valence-corrected chi connectivity index (χ1v) is 9.66. The molecule has 0 saturated heterocycles. The van der Waals surface area contributed by atoms with E-state index in [-0.39, 0.29) is 6.04 Å². The molecule has 2 rings (SSSR count). The van der Waals surface area contributed by atoms with Crippen molar-refractivity contribution in [2.75, 3.05) is 13.1 Å². The lowest BCUT2D eigenvalue weighted by molar-refractivity contribution is 0.445. The van der Waals surface area contributed by atoms with Crippen LogP contribution in [0.5, 0.6) is 0 Å². The lowest BCUT2D eigenvalue weighted by Crippen LogP contribution is -2.30. The lowest BCUT2D eigenvalue weighted by atomic mass is 10.1. The average molecular weight is 347 g/mol. The summed E-state index contributed by atoms with van der Waals surface area (Å²) < 4.78 is 26.4. The highest BCUT2D eigenvalue weighted by Gasteiger charge is 2.21. The molecule has 0 saturated carbocycles. The second-order valence-electron chi connectivity index (χ2n) is 5.58. The number of nitrogens with one attached hydrogen (secondary N) is 1. The number of hydrogen-bond donors (Lipinski definition) is 1. The number of sulfonamides is 1. The fourth-order valence-corrected chi connectivity index (χ4v) is 3.98. The van der Waals surface area contributed by atoms with Crippen LogP contribution in [0.15, 0.2) is 53.6 Å². The summed E-state index contributed by atoms with van der Waals surface area (Å²) in [5.41, 5.74) is 2.02. The van der Waals surface area contributed by atoms with Gasteiger partial charge in [0.1, 0.15) is 0 Å².